The van der Waals surface area contributed by atoms with Gasteiger partial charge in [0.1, 0.15) is 17.5 Å². The summed E-state index contributed by atoms with van der Waals surface area (Å²) in [7, 11) is 1.66. The molecular weight excluding hydrogens is 406 g/mol. The average Bonchev–Trinajstić information content (AvgIpc) is 3.26. The standard InChI is InChI=1S/C24H27N5O3/c1-31-20-9-7-18(8-10-20)23-16-29-22(17-32-23)21(25-26-29)15-27-11-13-28(14-12-27)24(30)19-5-3-2-4-6-19/h2-10,23H,11-17H2,1H3/t23-/m0/s1. The van der Waals surface area contributed by atoms with Gasteiger partial charge in [-0.1, -0.05) is 35.5 Å². The molecule has 0 bridgehead atoms. The quantitative estimate of drug-likeness (QED) is 0.616. The Kier molecular flexibility index (Phi) is 5.87. The highest BCUT2D eigenvalue weighted by atomic mass is 16.5. The Bertz CT molecular complexity index is 1060. The minimum atomic E-state index is -0.0458. The molecule has 1 amide bonds. The molecule has 2 aliphatic rings. The normalized spacial score (nSPS) is 18.9. The molecule has 2 aliphatic heterocycles. The van der Waals surface area contributed by atoms with Gasteiger partial charge in [-0.25, -0.2) is 4.68 Å². The first-order chi connectivity index (χ1) is 15.7. The Morgan fingerprint density at radius 3 is 2.53 bits per heavy atom. The van der Waals surface area contributed by atoms with E-state index in [9.17, 15) is 4.79 Å². The molecule has 1 atom stereocenters. The molecule has 8 nitrogen and oxygen atoms in total. The third-order valence-corrected chi connectivity index (χ3v) is 6.22. The second-order valence-electron chi connectivity index (χ2n) is 8.17. The average molecular weight is 434 g/mol. The van der Waals surface area contributed by atoms with E-state index in [1.165, 1.54) is 0 Å². The van der Waals surface area contributed by atoms with Gasteiger partial charge < -0.3 is 14.4 Å². The van der Waals surface area contributed by atoms with Gasteiger partial charge in [-0.2, -0.15) is 0 Å². The lowest BCUT2D eigenvalue weighted by Crippen LogP contribution is -2.48. The Morgan fingerprint density at radius 1 is 1.06 bits per heavy atom. The van der Waals surface area contributed by atoms with E-state index in [1.807, 2.05) is 64.2 Å². The fourth-order valence-corrected chi connectivity index (χ4v) is 4.29. The SMILES string of the molecule is COc1ccc([C@@H]2Cn3nnc(CN4CCN(C(=O)c5ccccc5)CC4)c3CO2)cc1. The zero-order chi connectivity index (χ0) is 21.9. The number of fused-ring (bicyclic) bond motifs is 1. The molecule has 8 heteroatoms. The number of ether oxygens (including phenoxy) is 2. The fraction of sp³-hybridized carbons (Fsp3) is 0.375. The highest BCUT2D eigenvalue weighted by Crippen LogP contribution is 2.28. The lowest BCUT2D eigenvalue weighted by molar-refractivity contribution is -0.00223. The van der Waals surface area contributed by atoms with Crippen LogP contribution >= 0.6 is 0 Å². The second-order valence-corrected chi connectivity index (χ2v) is 8.17. The Morgan fingerprint density at radius 2 is 1.81 bits per heavy atom. The predicted octanol–water partition coefficient (Wildman–Crippen LogP) is 2.52. The number of carbonyl (C=O) groups excluding carboxylic acids is 1. The molecule has 3 aromatic rings. The van der Waals surface area contributed by atoms with E-state index >= 15 is 0 Å². The molecule has 5 rings (SSSR count). The molecule has 0 N–H and O–H groups in total. The highest BCUT2D eigenvalue weighted by molar-refractivity contribution is 5.94. The number of piperazine rings is 1. The molecule has 166 valence electrons. The second kappa shape index (κ2) is 9.10. The minimum absolute atomic E-state index is 0.0458. The first-order valence-electron chi connectivity index (χ1n) is 10.9. The maximum atomic E-state index is 12.7. The van der Waals surface area contributed by atoms with E-state index in [0.29, 0.717) is 26.2 Å². The number of methoxy groups -OCH3 is 1. The van der Waals surface area contributed by atoms with E-state index in [0.717, 1.165) is 47.9 Å². The molecule has 0 spiro atoms. The summed E-state index contributed by atoms with van der Waals surface area (Å²) in [6, 6.07) is 17.4. The van der Waals surface area contributed by atoms with Crippen molar-refractivity contribution in [3.63, 3.8) is 0 Å². The molecule has 2 aromatic carbocycles. The molecule has 32 heavy (non-hydrogen) atoms. The summed E-state index contributed by atoms with van der Waals surface area (Å²) in [6.07, 6.45) is -0.0458. The van der Waals surface area contributed by atoms with E-state index in [-0.39, 0.29) is 12.0 Å². The largest absolute Gasteiger partial charge is 0.497 e. The molecule has 1 fully saturated rings. The number of hydrogen-bond acceptors (Lipinski definition) is 6. The van der Waals surface area contributed by atoms with Crippen LogP contribution < -0.4 is 4.74 Å². The first-order valence-corrected chi connectivity index (χ1v) is 10.9. The van der Waals surface area contributed by atoms with Gasteiger partial charge in [-0.3, -0.25) is 9.69 Å². The Hall–Kier alpha value is -3.23. The van der Waals surface area contributed by atoms with Crippen molar-refractivity contribution in [1.82, 2.24) is 24.8 Å². The summed E-state index contributed by atoms with van der Waals surface area (Å²) in [4.78, 5) is 16.9. The monoisotopic (exact) mass is 433 g/mol. The van der Waals surface area contributed by atoms with Crippen molar-refractivity contribution in [2.45, 2.75) is 25.8 Å². The molecule has 3 heterocycles. The summed E-state index contributed by atoms with van der Waals surface area (Å²) >= 11 is 0. The summed E-state index contributed by atoms with van der Waals surface area (Å²) in [5.41, 5.74) is 3.85. The predicted molar refractivity (Wildman–Crippen MR) is 118 cm³/mol. The van der Waals surface area contributed by atoms with E-state index < -0.39 is 0 Å². The van der Waals surface area contributed by atoms with Crippen LogP contribution in [0.1, 0.15) is 33.4 Å². The van der Waals surface area contributed by atoms with Gasteiger partial charge in [-0.05, 0) is 29.8 Å². The highest BCUT2D eigenvalue weighted by Gasteiger charge is 2.27. The molecule has 1 aromatic heterocycles. The van der Waals surface area contributed by atoms with Crippen LogP contribution in [-0.2, 0) is 24.4 Å². The van der Waals surface area contributed by atoms with Crippen molar-refractivity contribution >= 4 is 5.91 Å². The van der Waals surface area contributed by atoms with Crippen molar-refractivity contribution in [2.75, 3.05) is 33.3 Å². The lowest BCUT2D eigenvalue weighted by atomic mass is 10.1. The number of aromatic nitrogens is 3. The lowest BCUT2D eigenvalue weighted by Gasteiger charge is -2.34. The number of benzene rings is 2. The van der Waals surface area contributed by atoms with Gasteiger partial charge in [-0.15, -0.1) is 5.10 Å². The van der Waals surface area contributed by atoms with Crippen molar-refractivity contribution in [1.29, 1.82) is 0 Å². The van der Waals surface area contributed by atoms with Crippen LogP contribution in [0.3, 0.4) is 0 Å². The third-order valence-electron chi connectivity index (χ3n) is 6.22. The molecule has 0 aliphatic carbocycles. The number of rotatable bonds is 5. The smallest absolute Gasteiger partial charge is 0.253 e. The van der Waals surface area contributed by atoms with Crippen LogP contribution in [-0.4, -0.2) is 64.0 Å². The molecule has 0 unspecified atom stereocenters. The number of nitrogens with zero attached hydrogens (tertiary/aromatic N) is 5. The van der Waals surface area contributed by atoms with Crippen molar-refractivity contribution in [3.8, 4) is 5.75 Å². The van der Waals surface area contributed by atoms with Crippen LogP contribution in [0, 0.1) is 0 Å². The minimum Gasteiger partial charge on any atom is -0.497 e. The molecule has 0 radical (unpaired) electrons. The van der Waals surface area contributed by atoms with Gasteiger partial charge in [0.25, 0.3) is 5.91 Å². The van der Waals surface area contributed by atoms with Crippen LogP contribution in [0.25, 0.3) is 0 Å². The Labute approximate surface area is 187 Å². The summed E-state index contributed by atoms with van der Waals surface area (Å²) in [6.45, 7) is 4.93. The molecule has 0 saturated carbocycles. The third kappa shape index (κ3) is 4.24. The topological polar surface area (TPSA) is 72.7 Å². The zero-order valence-electron chi connectivity index (χ0n) is 18.2. The number of carbonyl (C=O) groups is 1. The van der Waals surface area contributed by atoms with Gasteiger partial charge in [0, 0.05) is 38.3 Å². The molecular formula is C24H27N5O3. The fourth-order valence-electron chi connectivity index (χ4n) is 4.29. The van der Waals surface area contributed by atoms with Gasteiger partial charge in [0.2, 0.25) is 0 Å². The van der Waals surface area contributed by atoms with E-state index in [4.69, 9.17) is 9.47 Å². The van der Waals surface area contributed by atoms with Crippen molar-refractivity contribution < 1.29 is 14.3 Å². The Balaban J connectivity index is 1.18. The van der Waals surface area contributed by atoms with Crippen LogP contribution in [0.2, 0.25) is 0 Å². The summed E-state index contributed by atoms with van der Waals surface area (Å²) < 4.78 is 13.3. The van der Waals surface area contributed by atoms with Crippen LogP contribution in [0.5, 0.6) is 5.75 Å². The maximum Gasteiger partial charge on any atom is 0.253 e. The van der Waals surface area contributed by atoms with E-state index in [1.54, 1.807) is 7.11 Å². The number of hydrogen-bond donors (Lipinski definition) is 0. The summed E-state index contributed by atoms with van der Waals surface area (Å²) in [5, 5.41) is 8.83. The maximum absolute atomic E-state index is 12.7. The first kappa shape index (κ1) is 20.7. The zero-order valence-corrected chi connectivity index (χ0v) is 18.2. The van der Waals surface area contributed by atoms with Crippen molar-refractivity contribution in [3.05, 3.63) is 77.1 Å². The molecule has 1 saturated heterocycles. The van der Waals surface area contributed by atoms with Crippen LogP contribution in [0.4, 0.5) is 0 Å². The number of amides is 1. The van der Waals surface area contributed by atoms with E-state index in [2.05, 4.69) is 15.2 Å². The van der Waals surface area contributed by atoms with Gasteiger partial charge >= 0.3 is 0 Å². The van der Waals surface area contributed by atoms with Crippen molar-refractivity contribution in [2.24, 2.45) is 0 Å². The summed E-state index contributed by atoms with van der Waals surface area (Å²) in [5.74, 6) is 0.933. The van der Waals surface area contributed by atoms with Gasteiger partial charge in [0.05, 0.1) is 26.0 Å². The van der Waals surface area contributed by atoms with Crippen LogP contribution in [0.15, 0.2) is 54.6 Å². The van der Waals surface area contributed by atoms with Gasteiger partial charge in [0.15, 0.2) is 0 Å².